The van der Waals surface area contributed by atoms with Crippen molar-refractivity contribution in [3.63, 3.8) is 0 Å². The molecule has 2 atom stereocenters. The highest BCUT2D eigenvalue weighted by atomic mass is 16.1. The molecule has 1 amide bonds. The Morgan fingerprint density at radius 3 is 2.50 bits per heavy atom. The molecule has 0 saturated carbocycles. The number of primary amides is 1. The molecule has 2 unspecified atom stereocenters. The molecule has 0 aliphatic carbocycles. The average molecular weight is 272 g/mol. The van der Waals surface area contributed by atoms with Crippen LogP contribution in [0.15, 0.2) is 24.3 Å². The second-order valence-corrected chi connectivity index (χ2v) is 5.87. The molecule has 20 heavy (non-hydrogen) atoms. The van der Waals surface area contributed by atoms with Crippen molar-refractivity contribution < 1.29 is 9.59 Å². The summed E-state index contributed by atoms with van der Waals surface area (Å²) in [5, 5.41) is 0. The Labute approximate surface area is 118 Å². The van der Waals surface area contributed by atoms with Gasteiger partial charge in [0.2, 0.25) is 5.91 Å². The second kappa shape index (κ2) is 5.37. The van der Waals surface area contributed by atoms with Crippen LogP contribution in [0.2, 0.25) is 0 Å². The fourth-order valence-corrected chi connectivity index (χ4v) is 3.99. The second-order valence-electron chi connectivity index (χ2n) is 5.87. The van der Waals surface area contributed by atoms with Crippen LogP contribution in [-0.4, -0.2) is 35.7 Å². The van der Waals surface area contributed by atoms with E-state index in [-0.39, 0.29) is 5.91 Å². The molecular weight excluding hydrogens is 252 g/mol. The molecule has 3 rings (SSSR count). The van der Waals surface area contributed by atoms with Crippen LogP contribution in [0, 0.1) is 0 Å². The maximum absolute atomic E-state index is 11.6. The summed E-state index contributed by atoms with van der Waals surface area (Å²) < 4.78 is 0. The van der Waals surface area contributed by atoms with Gasteiger partial charge in [-0.25, -0.2) is 0 Å². The molecule has 2 heterocycles. The van der Waals surface area contributed by atoms with E-state index >= 15 is 0 Å². The number of nitrogens with two attached hydrogens (primary N) is 1. The van der Waals surface area contributed by atoms with Gasteiger partial charge >= 0.3 is 0 Å². The van der Waals surface area contributed by atoms with E-state index in [1.165, 1.54) is 0 Å². The summed E-state index contributed by atoms with van der Waals surface area (Å²) in [6.45, 7) is 0.541. The number of benzene rings is 1. The monoisotopic (exact) mass is 272 g/mol. The first-order chi connectivity index (χ1) is 9.70. The van der Waals surface area contributed by atoms with E-state index in [2.05, 4.69) is 4.90 Å². The van der Waals surface area contributed by atoms with Crippen LogP contribution in [-0.2, 0) is 4.79 Å². The summed E-state index contributed by atoms with van der Waals surface area (Å²) in [6.07, 6.45) is 5.37. The summed E-state index contributed by atoms with van der Waals surface area (Å²) in [5.74, 6) is 0.0439. The van der Waals surface area contributed by atoms with E-state index in [0.717, 1.165) is 37.5 Å². The van der Waals surface area contributed by atoms with Crippen LogP contribution in [0.4, 0.5) is 0 Å². The predicted octanol–water partition coefficient (Wildman–Crippen LogP) is 1.69. The van der Waals surface area contributed by atoms with Crippen molar-refractivity contribution in [2.75, 3.05) is 6.54 Å². The Morgan fingerprint density at radius 2 is 1.90 bits per heavy atom. The zero-order valence-electron chi connectivity index (χ0n) is 11.5. The normalized spacial score (nSPS) is 29.3. The first-order valence-corrected chi connectivity index (χ1v) is 7.28. The number of hydrogen-bond donors (Lipinski definition) is 1. The minimum atomic E-state index is -0.344. The third kappa shape index (κ3) is 2.24. The summed E-state index contributed by atoms with van der Waals surface area (Å²) in [5.41, 5.74) is 7.22. The number of amides is 1. The summed E-state index contributed by atoms with van der Waals surface area (Å²) in [7, 11) is 0. The van der Waals surface area contributed by atoms with Crippen LogP contribution in [0.25, 0.3) is 0 Å². The third-order valence-corrected chi connectivity index (χ3v) is 4.84. The molecule has 1 aromatic carbocycles. The number of nitrogens with zero attached hydrogens (tertiary/aromatic N) is 1. The largest absolute Gasteiger partial charge is 0.366 e. The van der Waals surface area contributed by atoms with Gasteiger partial charge < -0.3 is 10.5 Å². The molecule has 2 fully saturated rings. The van der Waals surface area contributed by atoms with Gasteiger partial charge in [-0.15, -0.1) is 0 Å². The molecule has 2 aliphatic heterocycles. The molecule has 4 nitrogen and oxygen atoms in total. The molecule has 0 spiro atoms. The van der Waals surface area contributed by atoms with E-state index in [9.17, 15) is 9.59 Å². The zero-order valence-corrected chi connectivity index (χ0v) is 11.5. The quantitative estimate of drug-likeness (QED) is 0.848. The van der Waals surface area contributed by atoms with Crippen molar-refractivity contribution in [3.8, 4) is 0 Å². The Hall–Kier alpha value is -1.68. The van der Waals surface area contributed by atoms with Gasteiger partial charge in [0.15, 0.2) is 0 Å². The molecule has 1 aromatic rings. The molecular formula is C16H20N2O2. The van der Waals surface area contributed by atoms with Gasteiger partial charge in [-0.05, 0) is 43.2 Å². The van der Waals surface area contributed by atoms with E-state index in [1.807, 2.05) is 24.3 Å². The molecule has 2 aliphatic rings. The Morgan fingerprint density at radius 1 is 1.25 bits per heavy atom. The summed E-state index contributed by atoms with van der Waals surface area (Å²) >= 11 is 0. The fraction of sp³-hybridized carbons (Fsp3) is 0.500. The first kappa shape index (κ1) is 13.3. The van der Waals surface area contributed by atoms with Crippen molar-refractivity contribution >= 4 is 12.2 Å². The molecule has 2 saturated heterocycles. The predicted molar refractivity (Wildman–Crippen MR) is 76.5 cm³/mol. The number of rotatable bonds is 4. The Kier molecular flexibility index (Phi) is 3.57. The van der Waals surface area contributed by atoms with E-state index in [1.54, 1.807) is 0 Å². The van der Waals surface area contributed by atoms with Gasteiger partial charge in [0.25, 0.3) is 0 Å². The lowest BCUT2D eigenvalue weighted by atomic mass is 9.82. The van der Waals surface area contributed by atoms with Crippen LogP contribution < -0.4 is 5.73 Å². The molecule has 2 N–H and O–H groups in total. The Bertz CT molecular complexity index is 515. The SMILES string of the molecule is NC(=O)c1ccccc1C1CC2CCC(C1)N2CC=O. The van der Waals surface area contributed by atoms with E-state index in [4.69, 9.17) is 5.73 Å². The lowest BCUT2D eigenvalue weighted by molar-refractivity contribution is -0.109. The van der Waals surface area contributed by atoms with Crippen LogP contribution in [0.1, 0.15) is 47.5 Å². The summed E-state index contributed by atoms with van der Waals surface area (Å²) in [6, 6.07) is 8.63. The van der Waals surface area contributed by atoms with Crippen molar-refractivity contribution in [2.45, 2.75) is 43.7 Å². The smallest absolute Gasteiger partial charge is 0.248 e. The first-order valence-electron chi connectivity index (χ1n) is 7.28. The number of carbonyl (C=O) groups is 2. The van der Waals surface area contributed by atoms with Gasteiger partial charge in [-0.3, -0.25) is 9.69 Å². The van der Waals surface area contributed by atoms with Gasteiger partial charge in [0, 0.05) is 17.6 Å². The van der Waals surface area contributed by atoms with Crippen LogP contribution in [0.5, 0.6) is 0 Å². The van der Waals surface area contributed by atoms with Crippen molar-refractivity contribution in [1.29, 1.82) is 0 Å². The molecule has 2 bridgehead atoms. The summed E-state index contributed by atoms with van der Waals surface area (Å²) in [4.78, 5) is 24.7. The van der Waals surface area contributed by atoms with Gasteiger partial charge in [-0.1, -0.05) is 18.2 Å². The minimum Gasteiger partial charge on any atom is -0.366 e. The standard InChI is InChI=1S/C16H20N2O2/c17-16(20)15-4-2-1-3-14(15)11-9-12-5-6-13(10-11)18(12)7-8-19/h1-4,8,11-13H,5-7,9-10H2,(H2,17,20). The highest BCUT2D eigenvalue weighted by molar-refractivity contribution is 5.94. The van der Waals surface area contributed by atoms with E-state index < -0.39 is 0 Å². The lowest BCUT2D eigenvalue weighted by Gasteiger charge is -2.38. The number of aldehydes is 1. The minimum absolute atomic E-state index is 0.344. The average Bonchev–Trinajstić information content (AvgIpc) is 2.70. The van der Waals surface area contributed by atoms with Crippen molar-refractivity contribution in [2.24, 2.45) is 5.73 Å². The Balaban J connectivity index is 1.84. The number of hydrogen-bond acceptors (Lipinski definition) is 3. The number of piperidine rings is 1. The lowest BCUT2D eigenvalue weighted by Crippen LogP contribution is -2.43. The van der Waals surface area contributed by atoms with Gasteiger partial charge in [0.05, 0.1) is 6.54 Å². The topological polar surface area (TPSA) is 63.4 Å². The maximum atomic E-state index is 11.6. The molecule has 4 heteroatoms. The molecule has 0 radical (unpaired) electrons. The molecule has 0 aromatic heterocycles. The van der Waals surface area contributed by atoms with Gasteiger partial charge in [-0.2, -0.15) is 0 Å². The molecule has 106 valence electrons. The van der Waals surface area contributed by atoms with Gasteiger partial charge in [0.1, 0.15) is 6.29 Å². The third-order valence-electron chi connectivity index (χ3n) is 4.84. The van der Waals surface area contributed by atoms with Crippen LogP contribution >= 0.6 is 0 Å². The number of fused-ring (bicyclic) bond motifs is 2. The number of carbonyl (C=O) groups excluding carboxylic acids is 2. The zero-order chi connectivity index (χ0) is 14.1. The highest BCUT2D eigenvalue weighted by Crippen LogP contribution is 2.43. The maximum Gasteiger partial charge on any atom is 0.248 e. The van der Waals surface area contributed by atoms with E-state index in [0.29, 0.717) is 30.1 Å². The van der Waals surface area contributed by atoms with Crippen LogP contribution in [0.3, 0.4) is 0 Å². The van der Waals surface area contributed by atoms with Crippen molar-refractivity contribution in [3.05, 3.63) is 35.4 Å². The van der Waals surface area contributed by atoms with Crippen molar-refractivity contribution in [1.82, 2.24) is 4.90 Å². The highest BCUT2D eigenvalue weighted by Gasteiger charge is 2.41. The fourth-order valence-electron chi connectivity index (χ4n) is 3.99.